The molecule has 1 saturated carbocycles. The summed E-state index contributed by atoms with van der Waals surface area (Å²) >= 11 is 0. The zero-order valence-electron chi connectivity index (χ0n) is 10.4. The Bertz CT molecular complexity index is 382. The van der Waals surface area contributed by atoms with Crippen molar-refractivity contribution in [3.63, 3.8) is 0 Å². The summed E-state index contributed by atoms with van der Waals surface area (Å²) in [5.41, 5.74) is 6.89. The molecule has 0 spiro atoms. The Morgan fingerprint density at radius 3 is 2.47 bits per heavy atom. The minimum absolute atomic E-state index is 0.112. The highest BCUT2D eigenvalue weighted by molar-refractivity contribution is 5.93. The van der Waals surface area contributed by atoms with Crippen LogP contribution in [0.25, 0.3) is 0 Å². The second-order valence-electron chi connectivity index (χ2n) is 5.03. The van der Waals surface area contributed by atoms with Gasteiger partial charge in [-0.1, -0.05) is 31.0 Å². The van der Waals surface area contributed by atoms with Crippen LogP contribution < -0.4 is 10.6 Å². The van der Waals surface area contributed by atoms with E-state index in [1.165, 1.54) is 0 Å². The Morgan fingerprint density at radius 2 is 1.88 bits per heavy atom. The first-order chi connectivity index (χ1) is 8.11. The number of nitrogens with two attached hydrogens (primary N) is 1. The Morgan fingerprint density at radius 1 is 1.29 bits per heavy atom. The lowest BCUT2D eigenvalue weighted by atomic mass is 9.94. The van der Waals surface area contributed by atoms with Gasteiger partial charge < -0.3 is 10.6 Å². The van der Waals surface area contributed by atoms with Crippen molar-refractivity contribution in [2.45, 2.75) is 37.6 Å². The van der Waals surface area contributed by atoms with Gasteiger partial charge in [-0.15, -0.1) is 0 Å². The largest absolute Gasteiger partial charge is 0.325 e. The van der Waals surface area contributed by atoms with E-state index in [1.807, 2.05) is 37.4 Å². The minimum Gasteiger partial charge on any atom is -0.325 e. The number of hydrogen-bond donors (Lipinski definition) is 1. The normalized spacial score (nSPS) is 18.0. The van der Waals surface area contributed by atoms with E-state index in [4.69, 9.17) is 5.73 Å². The van der Waals surface area contributed by atoms with Crippen LogP contribution >= 0.6 is 0 Å². The highest BCUT2D eigenvalue weighted by atomic mass is 16.2. The smallest absolute Gasteiger partial charge is 0.228 e. The Kier molecular flexibility index (Phi) is 3.48. The Balaban J connectivity index is 2.01. The lowest BCUT2D eigenvalue weighted by molar-refractivity contribution is -0.119. The van der Waals surface area contributed by atoms with Gasteiger partial charge in [0.2, 0.25) is 5.91 Å². The molecule has 0 heterocycles. The van der Waals surface area contributed by atoms with Crippen molar-refractivity contribution in [1.29, 1.82) is 0 Å². The first-order valence-electron chi connectivity index (χ1n) is 6.21. The molecule has 92 valence electrons. The quantitative estimate of drug-likeness (QED) is 0.869. The maximum Gasteiger partial charge on any atom is 0.228 e. The molecule has 0 radical (unpaired) electrons. The van der Waals surface area contributed by atoms with E-state index in [2.05, 4.69) is 0 Å². The third kappa shape index (κ3) is 2.86. The molecule has 0 bridgehead atoms. The third-order valence-corrected chi connectivity index (χ3v) is 3.62. The molecule has 0 aromatic heterocycles. The number of nitrogens with zero attached hydrogens (tertiary/aromatic N) is 1. The van der Waals surface area contributed by atoms with E-state index < -0.39 is 0 Å². The number of anilines is 1. The molecule has 3 heteroatoms. The molecular formula is C14H20N2O. The standard InChI is InChI=1S/C14H20N2O/c1-16(12-7-3-2-4-8-12)13(17)11-14(15)9-5-6-10-14/h2-4,7-8H,5-6,9-11,15H2,1H3. The number of hydrogen-bond acceptors (Lipinski definition) is 2. The van der Waals surface area contributed by atoms with Crippen LogP contribution in [0.3, 0.4) is 0 Å². The number of carbonyl (C=O) groups is 1. The van der Waals surface area contributed by atoms with Crippen molar-refractivity contribution in [2.24, 2.45) is 5.73 Å². The second kappa shape index (κ2) is 4.88. The maximum atomic E-state index is 12.2. The predicted molar refractivity (Wildman–Crippen MR) is 69.9 cm³/mol. The molecule has 1 aliphatic rings. The van der Waals surface area contributed by atoms with Crippen LogP contribution in [0.2, 0.25) is 0 Å². The Labute approximate surface area is 103 Å². The van der Waals surface area contributed by atoms with E-state index in [0.29, 0.717) is 6.42 Å². The summed E-state index contributed by atoms with van der Waals surface area (Å²) in [6, 6.07) is 9.70. The highest BCUT2D eigenvalue weighted by Crippen LogP contribution is 2.30. The van der Waals surface area contributed by atoms with Gasteiger partial charge >= 0.3 is 0 Å². The minimum atomic E-state index is -0.264. The van der Waals surface area contributed by atoms with Gasteiger partial charge in [-0.05, 0) is 25.0 Å². The molecule has 1 aromatic rings. The van der Waals surface area contributed by atoms with Gasteiger partial charge in [0.25, 0.3) is 0 Å². The Hall–Kier alpha value is -1.35. The van der Waals surface area contributed by atoms with Crippen LogP contribution in [0.4, 0.5) is 5.69 Å². The van der Waals surface area contributed by atoms with Gasteiger partial charge in [0.05, 0.1) is 0 Å². The summed E-state index contributed by atoms with van der Waals surface area (Å²) in [5, 5.41) is 0. The predicted octanol–water partition coefficient (Wildman–Crippen LogP) is 2.31. The van der Waals surface area contributed by atoms with Gasteiger partial charge in [0, 0.05) is 24.7 Å². The molecule has 1 fully saturated rings. The van der Waals surface area contributed by atoms with Crippen LogP contribution in [0, 0.1) is 0 Å². The van der Waals surface area contributed by atoms with Crippen molar-refractivity contribution in [3.8, 4) is 0 Å². The van der Waals surface area contributed by atoms with Crippen LogP contribution in [0.15, 0.2) is 30.3 Å². The van der Waals surface area contributed by atoms with Crippen LogP contribution in [-0.4, -0.2) is 18.5 Å². The molecule has 0 unspecified atom stereocenters. The summed E-state index contributed by atoms with van der Waals surface area (Å²) in [6.07, 6.45) is 4.71. The summed E-state index contributed by atoms with van der Waals surface area (Å²) in [7, 11) is 1.82. The van der Waals surface area contributed by atoms with Crippen molar-refractivity contribution >= 4 is 11.6 Å². The number of carbonyl (C=O) groups excluding carboxylic acids is 1. The van der Waals surface area contributed by atoms with Crippen LogP contribution in [-0.2, 0) is 4.79 Å². The number of benzene rings is 1. The summed E-state index contributed by atoms with van der Waals surface area (Å²) in [6.45, 7) is 0. The van der Waals surface area contributed by atoms with E-state index in [-0.39, 0.29) is 11.4 Å². The molecular weight excluding hydrogens is 212 g/mol. The molecule has 1 aliphatic carbocycles. The molecule has 2 rings (SSSR count). The molecule has 0 atom stereocenters. The van der Waals surface area contributed by atoms with E-state index in [0.717, 1.165) is 31.4 Å². The second-order valence-corrected chi connectivity index (χ2v) is 5.03. The summed E-state index contributed by atoms with van der Waals surface area (Å²) in [5.74, 6) is 0.112. The highest BCUT2D eigenvalue weighted by Gasteiger charge is 2.32. The van der Waals surface area contributed by atoms with Crippen molar-refractivity contribution in [1.82, 2.24) is 0 Å². The van der Waals surface area contributed by atoms with E-state index >= 15 is 0 Å². The zero-order valence-corrected chi connectivity index (χ0v) is 10.4. The molecule has 2 N–H and O–H groups in total. The topological polar surface area (TPSA) is 46.3 Å². The first-order valence-corrected chi connectivity index (χ1v) is 6.21. The van der Waals surface area contributed by atoms with Crippen molar-refractivity contribution in [2.75, 3.05) is 11.9 Å². The molecule has 1 amide bonds. The number of amides is 1. The SMILES string of the molecule is CN(C(=O)CC1(N)CCCC1)c1ccccc1. The molecule has 0 saturated heterocycles. The fraction of sp³-hybridized carbons (Fsp3) is 0.500. The van der Waals surface area contributed by atoms with Gasteiger partial charge in [-0.25, -0.2) is 0 Å². The van der Waals surface area contributed by atoms with Gasteiger partial charge in [0.1, 0.15) is 0 Å². The summed E-state index contributed by atoms with van der Waals surface area (Å²) in [4.78, 5) is 13.9. The lowest BCUT2D eigenvalue weighted by Crippen LogP contribution is -2.42. The summed E-state index contributed by atoms with van der Waals surface area (Å²) < 4.78 is 0. The zero-order chi connectivity index (χ0) is 12.3. The number of para-hydroxylation sites is 1. The van der Waals surface area contributed by atoms with Gasteiger partial charge in [-0.2, -0.15) is 0 Å². The van der Waals surface area contributed by atoms with Crippen LogP contribution in [0.5, 0.6) is 0 Å². The van der Waals surface area contributed by atoms with Crippen molar-refractivity contribution < 1.29 is 4.79 Å². The van der Waals surface area contributed by atoms with Crippen LogP contribution in [0.1, 0.15) is 32.1 Å². The molecule has 17 heavy (non-hydrogen) atoms. The monoisotopic (exact) mass is 232 g/mol. The fourth-order valence-corrected chi connectivity index (χ4v) is 2.47. The average Bonchev–Trinajstić information content (AvgIpc) is 2.76. The van der Waals surface area contributed by atoms with Gasteiger partial charge in [0.15, 0.2) is 0 Å². The fourth-order valence-electron chi connectivity index (χ4n) is 2.47. The molecule has 1 aromatic carbocycles. The first kappa shape index (κ1) is 12.1. The lowest BCUT2D eigenvalue weighted by Gasteiger charge is -2.26. The average molecular weight is 232 g/mol. The third-order valence-electron chi connectivity index (χ3n) is 3.62. The maximum absolute atomic E-state index is 12.2. The van der Waals surface area contributed by atoms with Crippen molar-refractivity contribution in [3.05, 3.63) is 30.3 Å². The van der Waals surface area contributed by atoms with E-state index in [1.54, 1.807) is 4.90 Å². The molecule has 3 nitrogen and oxygen atoms in total. The van der Waals surface area contributed by atoms with Gasteiger partial charge in [-0.3, -0.25) is 4.79 Å². The molecule has 0 aliphatic heterocycles. The number of rotatable bonds is 3. The van der Waals surface area contributed by atoms with E-state index in [9.17, 15) is 4.79 Å².